The number of aryl methyl sites for hydroxylation is 1. The van der Waals surface area contributed by atoms with Crippen molar-refractivity contribution in [3.63, 3.8) is 0 Å². The third-order valence-corrected chi connectivity index (χ3v) is 5.85. The van der Waals surface area contributed by atoms with E-state index in [4.69, 9.17) is 4.74 Å². The van der Waals surface area contributed by atoms with Crippen molar-refractivity contribution in [1.29, 1.82) is 0 Å². The van der Waals surface area contributed by atoms with E-state index in [0.29, 0.717) is 22.9 Å². The second-order valence-electron chi connectivity index (χ2n) is 7.45. The number of carbonyl (C=O) groups excluding carboxylic acids is 1. The second-order valence-corrected chi connectivity index (χ2v) is 10.1. The monoisotopic (exact) mass is 438 g/mol. The molecule has 1 aromatic heterocycles. The molecule has 1 aliphatic heterocycles. The molecule has 3 rings (SSSR count). The molecule has 2 aromatic rings. The van der Waals surface area contributed by atoms with Crippen molar-refractivity contribution in [2.45, 2.75) is 39.5 Å². The number of hydrogen-bond acceptors (Lipinski definition) is 7. The van der Waals surface area contributed by atoms with Crippen LogP contribution in [0, 0.1) is 6.92 Å². The topological polar surface area (TPSA) is 101 Å². The number of anilines is 2. The van der Waals surface area contributed by atoms with Crippen molar-refractivity contribution in [3.05, 3.63) is 40.4 Å². The quantitative estimate of drug-likeness (QED) is 0.719. The minimum Gasteiger partial charge on any atom is -0.373 e. The van der Waals surface area contributed by atoms with E-state index < -0.39 is 10.0 Å². The fraction of sp³-hybridized carbons (Fsp3) is 0.474. The molecule has 8 nitrogen and oxygen atoms in total. The molecule has 2 N–H and O–H groups in total. The predicted molar refractivity (Wildman–Crippen MR) is 115 cm³/mol. The molecular weight excluding hydrogens is 412 g/mol. The molecule has 29 heavy (non-hydrogen) atoms. The van der Waals surface area contributed by atoms with Crippen LogP contribution in [0.25, 0.3) is 0 Å². The highest BCUT2D eigenvalue weighted by Gasteiger charge is 2.23. The van der Waals surface area contributed by atoms with E-state index in [1.165, 1.54) is 17.4 Å². The van der Waals surface area contributed by atoms with Crippen molar-refractivity contribution in [2.24, 2.45) is 0 Å². The number of ether oxygens (including phenoxy) is 1. The molecule has 1 fully saturated rings. The summed E-state index contributed by atoms with van der Waals surface area (Å²) < 4.78 is 31.2. The minimum absolute atomic E-state index is 0.188. The van der Waals surface area contributed by atoms with E-state index in [1.807, 2.05) is 5.38 Å². The van der Waals surface area contributed by atoms with Crippen LogP contribution in [-0.2, 0) is 21.3 Å². The van der Waals surface area contributed by atoms with Crippen LogP contribution in [-0.4, -0.2) is 55.8 Å². The lowest BCUT2D eigenvalue weighted by molar-refractivity contribution is -0.0707. The average molecular weight is 439 g/mol. The molecule has 1 aromatic carbocycles. The zero-order valence-corrected chi connectivity index (χ0v) is 18.6. The van der Waals surface area contributed by atoms with E-state index in [-0.39, 0.29) is 18.1 Å². The van der Waals surface area contributed by atoms with Crippen molar-refractivity contribution >= 4 is 38.1 Å². The third kappa shape index (κ3) is 6.23. The molecule has 2 unspecified atom stereocenters. The minimum atomic E-state index is -3.43. The lowest BCUT2D eigenvalue weighted by Gasteiger charge is -2.34. The normalized spacial score (nSPS) is 20.4. The molecule has 1 saturated heterocycles. The van der Waals surface area contributed by atoms with Crippen LogP contribution < -0.4 is 10.0 Å². The van der Waals surface area contributed by atoms with Crippen molar-refractivity contribution in [3.8, 4) is 0 Å². The van der Waals surface area contributed by atoms with E-state index in [0.717, 1.165) is 30.6 Å². The maximum atomic E-state index is 12.6. The van der Waals surface area contributed by atoms with Gasteiger partial charge >= 0.3 is 0 Å². The molecule has 158 valence electrons. The Kier molecular flexibility index (Phi) is 6.57. The Balaban J connectivity index is 1.65. The molecular formula is C19H26N4O4S2. The fourth-order valence-electron chi connectivity index (χ4n) is 3.32. The number of morpholine rings is 1. The molecule has 1 amide bonds. The molecule has 2 atom stereocenters. The third-order valence-electron chi connectivity index (χ3n) is 4.45. The van der Waals surface area contributed by atoms with Crippen molar-refractivity contribution in [1.82, 2.24) is 9.88 Å². The smallest absolute Gasteiger partial charge is 0.257 e. The maximum Gasteiger partial charge on any atom is 0.257 e. The zero-order valence-electron chi connectivity index (χ0n) is 16.9. The number of rotatable bonds is 6. The first kappa shape index (κ1) is 21.7. The number of aromatic nitrogens is 1. The molecule has 0 spiro atoms. The lowest BCUT2D eigenvalue weighted by atomic mass is 10.1. The Labute approximate surface area is 175 Å². The number of thiazole rings is 1. The van der Waals surface area contributed by atoms with Gasteiger partial charge in [0.15, 0.2) is 5.13 Å². The van der Waals surface area contributed by atoms with Crippen LogP contribution in [0.5, 0.6) is 0 Å². The first-order valence-electron chi connectivity index (χ1n) is 9.31. The van der Waals surface area contributed by atoms with Gasteiger partial charge in [0.1, 0.15) is 0 Å². The number of hydrogen-bond donors (Lipinski definition) is 2. The first-order chi connectivity index (χ1) is 13.6. The number of sulfonamides is 1. The van der Waals surface area contributed by atoms with Crippen LogP contribution in [0.3, 0.4) is 0 Å². The summed E-state index contributed by atoms with van der Waals surface area (Å²) in [6, 6.07) is 4.89. The Morgan fingerprint density at radius 2 is 2.00 bits per heavy atom. The summed E-state index contributed by atoms with van der Waals surface area (Å²) in [7, 11) is -3.43. The van der Waals surface area contributed by atoms with E-state index in [1.54, 1.807) is 19.1 Å². The second kappa shape index (κ2) is 8.78. The molecule has 10 heteroatoms. The van der Waals surface area contributed by atoms with Gasteiger partial charge in [-0.25, -0.2) is 13.4 Å². The van der Waals surface area contributed by atoms with Gasteiger partial charge in [0.25, 0.3) is 5.91 Å². The average Bonchev–Trinajstić information content (AvgIpc) is 3.01. The molecule has 0 aliphatic carbocycles. The van der Waals surface area contributed by atoms with Crippen LogP contribution in [0.1, 0.15) is 35.5 Å². The maximum absolute atomic E-state index is 12.6. The molecule has 1 aliphatic rings. The van der Waals surface area contributed by atoms with Gasteiger partial charge in [0.2, 0.25) is 10.0 Å². The van der Waals surface area contributed by atoms with E-state index >= 15 is 0 Å². The highest BCUT2D eigenvalue weighted by atomic mass is 32.2. The Morgan fingerprint density at radius 3 is 2.66 bits per heavy atom. The number of amides is 1. The van der Waals surface area contributed by atoms with E-state index in [9.17, 15) is 13.2 Å². The number of nitrogens with zero attached hydrogens (tertiary/aromatic N) is 2. The van der Waals surface area contributed by atoms with Crippen LogP contribution in [0.15, 0.2) is 23.6 Å². The van der Waals surface area contributed by atoms with Crippen LogP contribution in [0.4, 0.5) is 10.8 Å². The number of nitrogens with one attached hydrogen (secondary N) is 2. The van der Waals surface area contributed by atoms with Crippen LogP contribution >= 0.6 is 11.3 Å². The first-order valence-corrected chi connectivity index (χ1v) is 12.1. The summed E-state index contributed by atoms with van der Waals surface area (Å²) in [6.07, 6.45) is 1.45. The fourth-order valence-corrected chi connectivity index (χ4v) is 4.64. The largest absolute Gasteiger partial charge is 0.373 e. The van der Waals surface area contributed by atoms with E-state index in [2.05, 4.69) is 33.8 Å². The predicted octanol–water partition coefficient (Wildman–Crippen LogP) is 2.68. The van der Waals surface area contributed by atoms with Gasteiger partial charge in [0.05, 0.1) is 29.8 Å². The standard InChI is InChI=1S/C19H26N4O4S2/c1-12-5-6-15(7-17(12)22-29(4,25)26)18(24)21-19-20-16(11-28-19)10-23-8-13(2)27-14(3)9-23/h5-7,11,13-14,22H,8-10H2,1-4H3,(H,20,21,24). The van der Waals surface area contributed by atoms with Gasteiger partial charge in [-0.05, 0) is 38.5 Å². The van der Waals surface area contributed by atoms with Crippen LogP contribution in [0.2, 0.25) is 0 Å². The lowest BCUT2D eigenvalue weighted by Crippen LogP contribution is -2.44. The molecule has 2 heterocycles. The highest BCUT2D eigenvalue weighted by Crippen LogP contribution is 2.22. The van der Waals surface area contributed by atoms with Gasteiger partial charge in [-0.2, -0.15) is 0 Å². The molecule has 0 saturated carbocycles. The van der Waals surface area contributed by atoms with Gasteiger partial charge in [0, 0.05) is 30.6 Å². The summed E-state index contributed by atoms with van der Waals surface area (Å²) in [6.45, 7) is 8.30. The van der Waals surface area contributed by atoms with Gasteiger partial charge < -0.3 is 4.74 Å². The summed E-state index contributed by atoms with van der Waals surface area (Å²) in [5.41, 5.74) is 2.37. The summed E-state index contributed by atoms with van der Waals surface area (Å²) in [5, 5.41) is 5.24. The van der Waals surface area contributed by atoms with Crippen molar-refractivity contribution in [2.75, 3.05) is 29.4 Å². The molecule has 0 bridgehead atoms. The van der Waals surface area contributed by atoms with Crippen molar-refractivity contribution < 1.29 is 17.9 Å². The van der Waals surface area contributed by atoms with Gasteiger partial charge in [-0.15, -0.1) is 11.3 Å². The highest BCUT2D eigenvalue weighted by molar-refractivity contribution is 7.92. The number of benzene rings is 1. The number of carbonyl (C=O) groups is 1. The van der Waals surface area contributed by atoms with Gasteiger partial charge in [-0.1, -0.05) is 6.07 Å². The Hall–Kier alpha value is -2.01. The summed E-state index contributed by atoms with van der Waals surface area (Å²) in [5.74, 6) is -0.337. The SMILES string of the molecule is Cc1ccc(C(=O)Nc2nc(CN3CC(C)OC(C)C3)cs2)cc1NS(C)(=O)=O. The van der Waals surface area contributed by atoms with Gasteiger partial charge in [-0.3, -0.25) is 19.7 Å². The zero-order chi connectivity index (χ0) is 21.2. The summed E-state index contributed by atoms with van der Waals surface area (Å²) in [4.78, 5) is 19.4. The Morgan fingerprint density at radius 1 is 1.31 bits per heavy atom. The molecule has 0 radical (unpaired) electrons. The Bertz CT molecular complexity index is 980. The summed E-state index contributed by atoms with van der Waals surface area (Å²) >= 11 is 1.37.